The number of hydrogen-bond donors (Lipinski definition) is 3. The number of carboxylic acids is 1. The molecule has 2 aromatic heterocycles. The number of esters is 1. The van der Waals surface area contributed by atoms with Crippen molar-refractivity contribution in [2.45, 2.75) is 7.43 Å². The van der Waals surface area contributed by atoms with Crippen LogP contribution < -0.4 is 60.9 Å². The van der Waals surface area contributed by atoms with Crippen molar-refractivity contribution in [1.29, 1.82) is 0 Å². The minimum absolute atomic E-state index is 0. The van der Waals surface area contributed by atoms with Crippen LogP contribution in [0.15, 0.2) is 97.1 Å². The van der Waals surface area contributed by atoms with Crippen LogP contribution in [-0.4, -0.2) is 413 Å². The summed E-state index contributed by atoms with van der Waals surface area (Å²) in [5.74, 6) is 0.990. The summed E-state index contributed by atoms with van der Waals surface area (Å²) in [6.45, 7) is 0. The predicted molar refractivity (Wildman–Crippen MR) is 235 cm³/mol. The number of nitrogens with one attached hydrogen (secondary N) is 2. The molecule has 0 bridgehead atoms. The molecule has 0 spiro atoms. The summed E-state index contributed by atoms with van der Waals surface area (Å²) >= 11 is 27.1. The second kappa shape index (κ2) is 53.7. The van der Waals surface area contributed by atoms with Gasteiger partial charge in [-0.15, -0.1) is 0 Å². The molecule has 0 aliphatic rings. The Labute approximate surface area is 651 Å². The van der Waals surface area contributed by atoms with Gasteiger partial charge in [0, 0.05) is 33.0 Å². The summed E-state index contributed by atoms with van der Waals surface area (Å²) in [6.07, 6.45) is 0. The van der Waals surface area contributed by atoms with E-state index in [0.717, 1.165) is 5.39 Å². The van der Waals surface area contributed by atoms with Gasteiger partial charge >= 0.3 is 442 Å². The SMILES string of the molecule is C.COC(=O)c1cc2c(Oc3ccccc3)cc(Cl)cc2[nH]1.O=C(O)c1cc2c(Oc3ccccc3)cc(Cl)cc2[nH]1.[H-].[K+].[K][K].[K][K].[K][K].[K][K].[K][K].[K][K]. The number of halogens is 2. The second-order valence-corrected chi connectivity index (χ2v) is 9.60. The van der Waals surface area contributed by atoms with E-state index in [1.807, 2.05) is 60.7 Å². The number of carbonyl (C=O) groups is 2. The number of ether oxygens (including phenoxy) is 3. The Hall–Kier alpha value is 16.4. The fourth-order valence-corrected chi connectivity index (χ4v) is 4.49. The Morgan fingerprint density at radius 2 is 0.909 bits per heavy atom. The van der Waals surface area contributed by atoms with E-state index >= 15 is 0 Å². The van der Waals surface area contributed by atoms with Gasteiger partial charge in [0.2, 0.25) is 0 Å². The molecule has 0 saturated carbocycles. The van der Waals surface area contributed by atoms with E-state index in [0.29, 0.717) is 55.2 Å². The molecule has 0 unspecified atom stereocenters. The van der Waals surface area contributed by atoms with Gasteiger partial charge in [0.25, 0.3) is 0 Å². The third-order valence-corrected chi connectivity index (χ3v) is 6.34. The van der Waals surface area contributed by atoms with Crippen LogP contribution in [-0.2, 0) is 4.74 Å². The summed E-state index contributed by atoms with van der Waals surface area (Å²) in [7, 11) is 1.34. The number of hydrogen-bond acceptors (Lipinski definition) is 5. The van der Waals surface area contributed by atoms with Crippen molar-refractivity contribution in [1.82, 2.24) is 9.97 Å². The van der Waals surface area contributed by atoms with Crippen LogP contribution in [0, 0.1) is 0 Å². The van der Waals surface area contributed by atoms with Gasteiger partial charge in [-0.05, 0) is 48.5 Å². The van der Waals surface area contributed by atoms with Gasteiger partial charge in [0.1, 0.15) is 34.4 Å². The average molecular weight is 1110 g/mol. The van der Waals surface area contributed by atoms with Crippen molar-refractivity contribution < 1.29 is 81.7 Å². The predicted octanol–water partition coefficient (Wildman–Crippen LogP) is 1.89. The van der Waals surface area contributed by atoms with Crippen molar-refractivity contribution >= 4 is 436 Å². The number of H-pyrrole nitrogens is 2. The Balaban J connectivity index is -0.000000234. The first-order chi connectivity index (χ1) is 25.8. The van der Waals surface area contributed by atoms with Gasteiger partial charge in [-0.2, -0.15) is 0 Å². The van der Waals surface area contributed by atoms with E-state index in [9.17, 15) is 9.59 Å². The molecule has 0 radical (unpaired) electrons. The van der Waals surface area contributed by atoms with E-state index in [2.05, 4.69) is 9.97 Å². The average Bonchev–Trinajstić information content (AvgIpc) is 3.86. The molecule has 55 heavy (non-hydrogen) atoms. The normalized spacial score (nSPS) is 8.78. The molecular formula is C32H27Cl2K13N2O6. The van der Waals surface area contributed by atoms with Crippen molar-refractivity contribution in [2.24, 2.45) is 0 Å². The number of carboxylic acid groups (broad SMARTS) is 1. The minimum atomic E-state index is -1.03. The summed E-state index contributed by atoms with van der Waals surface area (Å²) in [4.78, 5) is 28.4. The van der Waals surface area contributed by atoms with Crippen LogP contribution in [0.25, 0.3) is 21.8 Å². The zero-order chi connectivity index (χ0) is 40.9. The number of aromatic amines is 2. The fraction of sp³-hybridized carbons (Fsp3) is 0.0625. The quantitative estimate of drug-likeness (QED) is 0.174. The number of fused-ring (bicyclic) bond motifs is 2. The van der Waals surface area contributed by atoms with Crippen LogP contribution in [0.4, 0.5) is 0 Å². The molecule has 0 aliphatic carbocycles. The van der Waals surface area contributed by atoms with E-state index in [1.165, 1.54) is 392 Å². The van der Waals surface area contributed by atoms with Gasteiger partial charge in [-0.3, -0.25) is 0 Å². The van der Waals surface area contributed by atoms with Gasteiger partial charge in [-0.1, -0.05) is 67.0 Å². The number of aromatic nitrogens is 2. The monoisotopic (exact) mass is 1110 g/mol. The Kier molecular flexibility index (Phi) is 76.1. The van der Waals surface area contributed by atoms with Crippen molar-refractivity contribution in [2.75, 3.05) is 7.11 Å². The third-order valence-electron chi connectivity index (χ3n) is 5.91. The third kappa shape index (κ3) is 34.0. The number of methoxy groups -OCH3 is 1. The van der Waals surface area contributed by atoms with Crippen molar-refractivity contribution in [3.8, 4) is 23.0 Å². The molecule has 0 aliphatic heterocycles. The second-order valence-electron chi connectivity index (χ2n) is 8.72. The number of aromatic carboxylic acids is 1. The summed E-state index contributed by atoms with van der Waals surface area (Å²) in [5, 5.41) is 11.5. The van der Waals surface area contributed by atoms with E-state index in [-0.39, 0.29) is 65.9 Å². The molecule has 8 nitrogen and oxygen atoms in total. The molecule has 23 heteroatoms. The maximum absolute atomic E-state index is 11.6. The molecule has 0 atom stereocenters. The molecule has 0 amide bonds. The fourth-order valence-electron chi connectivity index (χ4n) is 4.08. The standard InChI is InChI=1S/C16H12ClNO3.C15H10ClNO3.CH4.13K.H/c1-20-16(19)14-9-12-13(18-14)7-10(17)8-15(12)21-11-5-3-2-4-6-11;16-9-6-12-11(8-13(17-12)15(18)19)14(7-9)20-10-4-2-1-3-5-10;;;;;;;;;;;;;;;/h2-9,18H,1H3;1-8,17H,(H,18,19);1H4;;;;;;;;;;;;;;/q;;;;;;;;;;;;;;;+1;-1. The van der Waals surface area contributed by atoms with Crippen LogP contribution in [0.5, 0.6) is 23.0 Å². The van der Waals surface area contributed by atoms with Gasteiger partial charge in [-0.25, -0.2) is 9.59 Å². The van der Waals surface area contributed by atoms with Crippen LogP contribution in [0.3, 0.4) is 0 Å². The Bertz CT molecular complexity index is 1900. The summed E-state index contributed by atoms with van der Waals surface area (Å²) < 4.78 is 16.3. The number of para-hydroxylation sites is 2. The summed E-state index contributed by atoms with van der Waals surface area (Å²) in [6, 6.07) is 28.6. The molecule has 2 heterocycles. The van der Waals surface area contributed by atoms with Gasteiger partial charge < -0.3 is 30.7 Å². The Morgan fingerprint density at radius 1 is 0.582 bits per heavy atom. The van der Waals surface area contributed by atoms with E-state index in [1.54, 1.807) is 30.3 Å². The molecule has 0 fully saturated rings. The van der Waals surface area contributed by atoms with E-state index < -0.39 is 11.9 Å². The van der Waals surface area contributed by atoms with Gasteiger partial charge in [0.05, 0.1) is 18.1 Å². The van der Waals surface area contributed by atoms with Crippen LogP contribution in [0.1, 0.15) is 29.8 Å². The van der Waals surface area contributed by atoms with Crippen molar-refractivity contribution in [3.05, 3.63) is 118 Å². The first-order valence-electron chi connectivity index (χ1n) is 18.2. The molecule has 228 valence electrons. The summed E-state index contributed by atoms with van der Waals surface area (Å²) in [5.41, 5.74) is 1.79. The van der Waals surface area contributed by atoms with E-state index in [4.69, 9.17) is 42.5 Å². The molecule has 6 aromatic rings. The molecular weight excluding hydrogens is 1090 g/mol. The number of benzene rings is 4. The first kappa shape index (κ1) is 77.9. The molecule has 4 aromatic carbocycles. The van der Waals surface area contributed by atoms with Gasteiger partial charge in [0.15, 0.2) is 0 Å². The Morgan fingerprint density at radius 3 is 1.24 bits per heavy atom. The zero-order valence-corrected chi connectivity index (χ0v) is 76.6. The topological polar surface area (TPSA) is 114 Å². The maximum atomic E-state index is 11.6. The zero-order valence-electron chi connectivity index (χ0n) is 35.5. The molecule has 6 rings (SSSR count). The van der Waals surface area contributed by atoms with Crippen LogP contribution in [0.2, 0.25) is 10.0 Å². The first-order valence-corrected chi connectivity index (χ1v) is 115. The number of rotatable bonds is 6. The van der Waals surface area contributed by atoms with Crippen molar-refractivity contribution in [3.63, 3.8) is 0 Å². The molecule has 3 N–H and O–H groups in total. The number of carbonyl (C=O) groups excluding carboxylic acids is 1. The molecule has 0 saturated heterocycles. The van der Waals surface area contributed by atoms with Crippen LogP contribution >= 0.6 is 23.2 Å².